The maximum absolute atomic E-state index is 12.5. The van der Waals surface area contributed by atoms with Gasteiger partial charge in [-0.15, -0.1) is 5.10 Å². The number of aromatic nitrogens is 4. The Balaban J connectivity index is 1.42. The second kappa shape index (κ2) is 8.12. The summed E-state index contributed by atoms with van der Waals surface area (Å²) in [6.45, 7) is 0.731. The predicted molar refractivity (Wildman–Crippen MR) is 107 cm³/mol. The van der Waals surface area contributed by atoms with E-state index < -0.39 is 0 Å². The van der Waals surface area contributed by atoms with E-state index in [2.05, 4.69) is 15.5 Å². The van der Waals surface area contributed by atoms with Crippen molar-refractivity contribution in [2.45, 2.75) is 18.0 Å². The Morgan fingerprint density at radius 1 is 1.07 bits per heavy atom. The number of ketones is 1. The maximum Gasteiger partial charge on any atom is 0.227 e. The third-order valence-electron chi connectivity index (χ3n) is 4.42. The number of Topliss-reactive ketones (excluding diaryl/α,β-unsaturated/α-hetero) is 1. The van der Waals surface area contributed by atoms with Crippen molar-refractivity contribution < 1.29 is 9.59 Å². The first-order valence-corrected chi connectivity index (χ1v) is 10.1. The van der Waals surface area contributed by atoms with Crippen LogP contribution in [0.3, 0.4) is 0 Å². The van der Waals surface area contributed by atoms with Crippen molar-refractivity contribution in [1.82, 2.24) is 20.2 Å². The molecule has 1 aliphatic heterocycles. The minimum atomic E-state index is -0.0324. The SMILES string of the molecule is O=C(CSc1nnnn1-c1ccc(Cl)cc1)c1ccc(N2CCCC2=O)cc1. The zero-order valence-electron chi connectivity index (χ0n) is 14.8. The highest BCUT2D eigenvalue weighted by Crippen LogP contribution is 2.24. The Morgan fingerprint density at radius 3 is 2.46 bits per heavy atom. The van der Waals surface area contributed by atoms with Gasteiger partial charge in [-0.3, -0.25) is 9.59 Å². The first kappa shape index (κ1) is 18.6. The van der Waals surface area contributed by atoms with Crippen LogP contribution in [0.15, 0.2) is 53.7 Å². The number of thioether (sulfide) groups is 1. The van der Waals surface area contributed by atoms with Crippen molar-refractivity contribution in [2.24, 2.45) is 0 Å². The van der Waals surface area contributed by atoms with Gasteiger partial charge < -0.3 is 4.90 Å². The number of rotatable bonds is 6. The molecule has 0 spiro atoms. The van der Waals surface area contributed by atoms with Crippen LogP contribution in [0.5, 0.6) is 0 Å². The van der Waals surface area contributed by atoms with E-state index in [0.29, 0.717) is 22.2 Å². The molecule has 0 N–H and O–H groups in total. The van der Waals surface area contributed by atoms with Crippen molar-refractivity contribution in [3.8, 4) is 5.69 Å². The van der Waals surface area contributed by atoms with Gasteiger partial charge in [0.1, 0.15) is 0 Å². The molecule has 0 radical (unpaired) electrons. The zero-order valence-corrected chi connectivity index (χ0v) is 16.4. The van der Waals surface area contributed by atoms with Crippen LogP contribution >= 0.6 is 23.4 Å². The summed E-state index contributed by atoms with van der Waals surface area (Å²) in [6.07, 6.45) is 1.46. The summed E-state index contributed by atoms with van der Waals surface area (Å²) < 4.78 is 1.57. The first-order chi connectivity index (χ1) is 13.6. The van der Waals surface area contributed by atoms with Gasteiger partial charge in [-0.1, -0.05) is 23.4 Å². The third-order valence-corrected chi connectivity index (χ3v) is 5.59. The molecule has 0 saturated carbocycles. The fourth-order valence-electron chi connectivity index (χ4n) is 2.98. The number of benzene rings is 2. The number of tetrazole rings is 1. The number of anilines is 1. The van der Waals surface area contributed by atoms with Gasteiger partial charge in [0, 0.05) is 29.2 Å². The molecule has 1 aromatic heterocycles. The molecule has 2 aromatic carbocycles. The summed E-state index contributed by atoms with van der Waals surface area (Å²) in [7, 11) is 0. The zero-order chi connectivity index (χ0) is 19.5. The Labute approximate surface area is 170 Å². The minimum absolute atomic E-state index is 0.0324. The molecule has 2 heterocycles. The summed E-state index contributed by atoms with van der Waals surface area (Å²) in [4.78, 5) is 26.1. The molecule has 3 aromatic rings. The summed E-state index contributed by atoms with van der Waals surface area (Å²) in [6, 6.07) is 14.3. The van der Waals surface area contributed by atoms with Crippen LogP contribution in [0.2, 0.25) is 5.02 Å². The van der Waals surface area contributed by atoms with Crippen molar-refractivity contribution in [1.29, 1.82) is 0 Å². The van der Waals surface area contributed by atoms with Gasteiger partial charge in [0.15, 0.2) is 5.78 Å². The molecule has 4 rings (SSSR count). The van der Waals surface area contributed by atoms with E-state index in [1.54, 1.807) is 33.8 Å². The Bertz CT molecular complexity index is 1000. The number of hydrogen-bond donors (Lipinski definition) is 0. The largest absolute Gasteiger partial charge is 0.312 e. The van der Waals surface area contributed by atoms with E-state index in [4.69, 9.17) is 11.6 Å². The quantitative estimate of drug-likeness (QED) is 0.455. The molecule has 0 aliphatic carbocycles. The van der Waals surface area contributed by atoms with E-state index in [1.807, 2.05) is 24.3 Å². The number of nitrogens with zero attached hydrogens (tertiary/aromatic N) is 5. The van der Waals surface area contributed by atoms with Gasteiger partial charge in [-0.2, -0.15) is 4.68 Å². The molecule has 1 amide bonds. The highest BCUT2D eigenvalue weighted by atomic mass is 35.5. The third kappa shape index (κ3) is 3.93. The molecule has 0 unspecified atom stereocenters. The van der Waals surface area contributed by atoms with Crippen molar-refractivity contribution in [3.05, 3.63) is 59.1 Å². The van der Waals surface area contributed by atoms with Crippen molar-refractivity contribution in [2.75, 3.05) is 17.2 Å². The number of carbonyl (C=O) groups is 2. The number of carbonyl (C=O) groups excluding carboxylic acids is 2. The van der Waals surface area contributed by atoms with Crippen LogP contribution in [-0.2, 0) is 4.79 Å². The average Bonchev–Trinajstić information content (AvgIpc) is 3.36. The fourth-order valence-corrected chi connectivity index (χ4v) is 3.89. The van der Waals surface area contributed by atoms with Crippen LogP contribution in [-0.4, -0.2) is 44.2 Å². The van der Waals surface area contributed by atoms with Crippen LogP contribution in [0.4, 0.5) is 5.69 Å². The van der Waals surface area contributed by atoms with Crippen LogP contribution in [0, 0.1) is 0 Å². The highest BCUT2D eigenvalue weighted by Gasteiger charge is 2.21. The molecular formula is C19H16ClN5O2S. The molecule has 1 fully saturated rings. The van der Waals surface area contributed by atoms with E-state index in [9.17, 15) is 9.59 Å². The summed E-state index contributed by atoms with van der Waals surface area (Å²) in [5, 5.41) is 12.8. The van der Waals surface area contributed by atoms with E-state index in [-0.39, 0.29) is 17.4 Å². The standard InChI is InChI=1S/C19H16ClN5O2S/c20-14-5-9-16(10-6-14)25-19(21-22-23-25)28-12-17(26)13-3-7-15(8-4-13)24-11-1-2-18(24)27/h3-10H,1-2,11-12H2. The Kier molecular flexibility index (Phi) is 5.40. The molecule has 1 aliphatic rings. The Morgan fingerprint density at radius 2 is 1.79 bits per heavy atom. The molecule has 0 atom stereocenters. The van der Waals surface area contributed by atoms with Crippen LogP contribution in [0.25, 0.3) is 5.69 Å². The van der Waals surface area contributed by atoms with Crippen LogP contribution in [0.1, 0.15) is 23.2 Å². The lowest BCUT2D eigenvalue weighted by Gasteiger charge is -2.15. The second-order valence-corrected chi connectivity index (χ2v) is 7.64. The first-order valence-electron chi connectivity index (χ1n) is 8.72. The number of hydrogen-bond acceptors (Lipinski definition) is 6. The summed E-state index contributed by atoms with van der Waals surface area (Å²) >= 11 is 7.18. The van der Waals surface area contributed by atoms with Crippen molar-refractivity contribution in [3.63, 3.8) is 0 Å². The summed E-state index contributed by atoms with van der Waals surface area (Å²) in [5.41, 5.74) is 2.19. The number of amides is 1. The fraction of sp³-hybridized carbons (Fsp3) is 0.211. The molecule has 142 valence electrons. The number of halogens is 1. The van der Waals surface area contributed by atoms with Gasteiger partial charge >= 0.3 is 0 Å². The summed E-state index contributed by atoms with van der Waals surface area (Å²) in [5.74, 6) is 0.300. The monoisotopic (exact) mass is 413 g/mol. The molecule has 9 heteroatoms. The van der Waals surface area contributed by atoms with Gasteiger partial charge in [0.05, 0.1) is 11.4 Å². The van der Waals surface area contributed by atoms with Crippen molar-refractivity contribution >= 4 is 40.7 Å². The van der Waals surface area contributed by atoms with E-state index in [0.717, 1.165) is 24.3 Å². The second-order valence-electron chi connectivity index (χ2n) is 6.26. The average molecular weight is 414 g/mol. The molecule has 0 bridgehead atoms. The maximum atomic E-state index is 12.5. The molecule has 28 heavy (non-hydrogen) atoms. The lowest BCUT2D eigenvalue weighted by molar-refractivity contribution is -0.117. The van der Waals surface area contributed by atoms with E-state index >= 15 is 0 Å². The molecule has 1 saturated heterocycles. The van der Waals surface area contributed by atoms with Gasteiger partial charge in [-0.05, 0) is 65.4 Å². The minimum Gasteiger partial charge on any atom is -0.312 e. The topological polar surface area (TPSA) is 81.0 Å². The van der Waals surface area contributed by atoms with E-state index in [1.165, 1.54) is 11.8 Å². The van der Waals surface area contributed by atoms with Gasteiger partial charge in [-0.25, -0.2) is 0 Å². The van der Waals surface area contributed by atoms with Gasteiger partial charge in [0.2, 0.25) is 11.1 Å². The lowest BCUT2D eigenvalue weighted by Crippen LogP contribution is -2.23. The molecule has 7 nitrogen and oxygen atoms in total. The highest BCUT2D eigenvalue weighted by molar-refractivity contribution is 7.99. The normalized spacial score (nSPS) is 13.9. The predicted octanol–water partition coefficient (Wildman–Crippen LogP) is 3.42. The lowest BCUT2D eigenvalue weighted by atomic mass is 10.1. The molecular weight excluding hydrogens is 398 g/mol. The Hall–Kier alpha value is -2.71. The van der Waals surface area contributed by atoms with Crippen LogP contribution < -0.4 is 4.90 Å². The van der Waals surface area contributed by atoms with Gasteiger partial charge in [0.25, 0.3) is 0 Å². The smallest absolute Gasteiger partial charge is 0.227 e.